The monoisotopic (exact) mass is 416 g/mol. The van der Waals surface area contributed by atoms with E-state index in [-0.39, 0.29) is 12.1 Å². The molecule has 168 valence electrons. The molecule has 0 spiro atoms. The van der Waals surface area contributed by atoms with Crippen LogP contribution in [-0.4, -0.2) is 81.2 Å². The van der Waals surface area contributed by atoms with Crippen molar-refractivity contribution < 1.29 is 9.53 Å². The van der Waals surface area contributed by atoms with Gasteiger partial charge < -0.3 is 24.8 Å². The van der Waals surface area contributed by atoms with E-state index in [2.05, 4.69) is 21.2 Å². The second-order valence-electron chi connectivity index (χ2n) is 9.09. The number of carbonyl (C=O) groups is 1. The molecule has 1 saturated heterocycles. The van der Waals surface area contributed by atoms with Gasteiger partial charge in [-0.3, -0.25) is 0 Å². The Morgan fingerprint density at radius 3 is 2.67 bits per heavy atom. The molecular formula is C24H40N4O2. The molecule has 0 radical (unpaired) electrons. The van der Waals surface area contributed by atoms with Crippen molar-refractivity contribution >= 4 is 6.03 Å². The number of methoxy groups -OCH3 is 1. The van der Waals surface area contributed by atoms with Crippen LogP contribution < -0.4 is 10.1 Å². The molecule has 6 heteroatoms. The number of nitrogens with one attached hydrogen (secondary N) is 1. The molecule has 1 N–H and O–H groups in total. The third kappa shape index (κ3) is 6.61. The van der Waals surface area contributed by atoms with Gasteiger partial charge >= 0.3 is 6.03 Å². The molecule has 2 amide bonds. The molecule has 1 atom stereocenters. The summed E-state index contributed by atoms with van der Waals surface area (Å²) in [5.41, 5.74) is 1.15. The van der Waals surface area contributed by atoms with E-state index in [0.717, 1.165) is 49.8 Å². The lowest BCUT2D eigenvalue weighted by Crippen LogP contribution is -2.45. The minimum Gasteiger partial charge on any atom is -0.497 e. The van der Waals surface area contributed by atoms with Gasteiger partial charge in [0.1, 0.15) is 5.75 Å². The lowest BCUT2D eigenvalue weighted by molar-refractivity contribution is 0.186. The molecule has 1 aliphatic heterocycles. The summed E-state index contributed by atoms with van der Waals surface area (Å²) in [6, 6.07) is 8.26. The Labute approximate surface area is 182 Å². The van der Waals surface area contributed by atoms with Crippen LogP contribution in [0.15, 0.2) is 24.3 Å². The van der Waals surface area contributed by atoms with Gasteiger partial charge in [0, 0.05) is 32.7 Å². The number of likely N-dealkylation sites (N-methyl/N-ethyl adjacent to an activating group) is 1. The lowest BCUT2D eigenvalue weighted by atomic mass is 9.89. The van der Waals surface area contributed by atoms with Crippen LogP contribution >= 0.6 is 0 Å². The predicted molar refractivity (Wildman–Crippen MR) is 122 cm³/mol. The molecular weight excluding hydrogens is 376 g/mol. The van der Waals surface area contributed by atoms with E-state index in [1.807, 2.05) is 37.2 Å². The molecule has 1 aliphatic carbocycles. The van der Waals surface area contributed by atoms with Crippen LogP contribution in [0.5, 0.6) is 5.75 Å². The van der Waals surface area contributed by atoms with E-state index in [4.69, 9.17) is 4.74 Å². The molecule has 1 aromatic rings. The molecule has 6 nitrogen and oxygen atoms in total. The van der Waals surface area contributed by atoms with Crippen LogP contribution in [-0.2, 0) is 0 Å². The lowest BCUT2D eigenvalue weighted by Gasteiger charge is -2.29. The Hall–Kier alpha value is -1.79. The van der Waals surface area contributed by atoms with Gasteiger partial charge in [0.2, 0.25) is 0 Å². The Morgan fingerprint density at radius 1 is 1.13 bits per heavy atom. The van der Waals surface area contributed by atoms with Crippen molar-refractivity contribution in [3.05, 3.63) is 29.8 Å². The smallest absolute Gasteiger partial charge is 0.317 e. The summed E-state index contributed by atoms with van der Waals surface area (Å²) in [4.78, 5) is 19.6. The van der Waals surface area contributed by atoms with E-state index >= 15 is 0 Å². The molecule has 1 saturated carbocycles. The van der Waals surface area contributed by atoms with Gasteiger partial charge in [-0.15, -0.1) is 0 Å². The van der Waals surface area contributed by atoms with Gasteiger partial charge in [0.05, 0.1) is 13.2 Å². The van der Waals surface area contributed by atoms with Crippen molar-refractivity contribution in [2.45, 2.75) is 44.6 Å². The first kappa shape index (κ1) is 22.9. The van der Waals surface area contributed by atoms with Gasteiger partial charge in [0.15, 0.2) is 0 Å². The van der Waals surface area contributed by atoms with Crippen LogP contribution in [0.1, 0.15) is 50.1 Å². The molecule has 0 bridgehead atoms. The van der Waals surface area contributed by atoms with E-state index in [1.165, 1.54) is 38.6 Å². The highest BCUT2D eigenvalue weighted by atomic mass is 16.5. The summed E-state index contributed by atoms with van der Waals surface area (Å²) < 4.78 is 5.37. The Kier molecular flexibility index (Phi) is 8.82. The Bertz CT molecular complexity index is 660. The molecule has 1 unspecified atom stereocenters. The van der Waals surface area contributed by atoms with Crippen molar-refractivity contribution in [3.8, 4) is 5.75 Å². The van der Waals surface area contributed by atoms with Crippen molar-refractivity contribution in [2.24, 2.45) is 5.92 Å². The molecule has 2 aliphatic rings. The Morgan fingerprint density at radius 2 is 1.93 bits per heavy atom. The Balaban J connectivity index is 1.49. The fraction of sp³-hybridized carbons (Fsp3) is 0.708. The van der Waals surface area contributed by atoms with E-state index in [9.17, 15) is 4.79 Å². The maximum absolute atomic E-state index is 12.9. The molecule has 1 heterocycles. The number of ether oxygens (including phenoxy) is 1. The minimum atomic E-state index is 0.0595. The van der Waals surface area contributed by atoms with Crippen LogP contribution in [0, 0.1) is 5.92 Å². The fourth-order valence-electron chi connectivity index (χ4n) is 4.83. The number of rotatable bonds is 7. The minimum absolute atomic E-state index is 0.0595. The van der Waals surface area contributed by atoms with E-state index in [0.29, 0.717) is 6.54 Å². The standard InChI is InChI=1S/C24H40N4O2/c1-26(2)23(21-11-7-12-22(17-21)30-3)18-25-24(29)28-14-8-13-27(15-16-28)19-20-9-5-4-6-10-20/h7,11-12,17,20,23H,4-6,8-10,13-16,18-19H2,1-3H3,(H,25,29). The zero-order valence-electron chi connectivity index (χ0n) is 19.1. The second kappa shape index (κ2) is 11.6. The van der Waals surface area contributed by atoms with Gasteiger partial charge in [-0.1, -0.05) is 31.4 Å². The van der Waals surface area contributed by atoms with Gasteiger partial charge in [0.25, 0.3) is 0 Å². The summed E-state index contributed by atoms with van der Waals surface area (Å²) in [7, 11) is 5.78. The van der Waals surface area contributed by atoms with Crippen LogP contribution in [0.3, 0.4) is 0 Å². The van der Waals surface area contributed by atoms with Crippen molar-refractivity contribution in [1.29, 1.82) is 0 Å². The number of hydrogen-bond acceptors (Lipinski definition) is 4. The topological polar surface area (TPSA) is 48.1 Å². The molecule has 3 rings (SSSR count). The van der Waals surface area contributed by atoms with E-state index in [1.54, 1.807) is 7.11 Å². The molecule has 30 heavy (non-hydrogen) atoms. The first-order valence-electron chi connectivity index (χ1n) is 11.6. The van der Waals surface area contributed by atoms with Crippen molar-refractivity contribution in [1.82, 2.24) is 20.0 Å². The normalized spacial score (nSPS) is 20.1. The number of carbonyl (C=O) groups excluding carboxylic acids is 1. The molecule has 0 aromatic heterocycles. The highest BCUT2D eigenvalue weighted by molar-refractivity contribution is 5.74. The maximum Gasteiger partial charge on any atom is 0.317 e. The highest BCUT2D eigenvalue weighted by Crippen LogP contribution is 2.25. The third-order valence-electron chi connectivity index (χ3n) is 6.67. The first-order valence-corrected chi connectivity index (χ1v) is 11.6. The summed E-state index contributed by atoms with van der Waals surface area (Å²) in [5.74, 6) is 1.71. The predicted octanol–water partition coefficient (Wildman–Crippen LogP) is 3.60. The number of nitrogens with zero attached hydrogens (tertiary/aromatic N) is 3. The van der Waals surface area contributed by atoms with Crippen molar-refractivity contribution in [3.63, 3.8) is 0 Å². The van der Waals surface area contributed by atoms with Gasteiger partial charge in [-0.05, 0) is 63.5 Å². The SMILES string of the molecule is COc1cccc(C(CNC(=O)N2CCCN(CC3CCCCC3)CC2)N(C)C)c1. The van der Waals surface area contributed by atoms with Gasteiger partial charge in [-0.2, -0.15) is 0 Å². The van der Waals surface area contributed by atoms with Crippen LogP contribution in [0.4, 0.5) is 4.79 Å². The summed E-state index contributed by atoms with van der Waals surface area (Å²) >= 11 is 0. The number of benzene rings is 1. The summed E-state index contributed by atoms with van der Waals surface area (Å²) in [5, 5.41) is 3.18. The fourth-order valence-corrected chi connectivity index (χ4v) is 4.83. The van der Waals surface area contributed by atoms with E-state index < -0.39 is 0 Å². The first-order chi connectivity index (χ1) is 14.6. The number of hydrogen-bond donors (Lipinski definition) is 1. The zero-order valence-corrected chi connectivity index (χ0v) is 19.1. The van der Waals surface area contributed by atoms with Crippen LogP contribution in [0.25, 0.3) is 0 Å². The average molecular weight is 417 g/mol. The third-order valence-corrected chi connectivity index (χ3v) is 6.67. The average Bonchev–Trinajstić information content (AvgIpc) is 3.00. The van der Waals surface area contributed by atoms with Crippen LogP contribution in [0.2, 0.25) is 0 Å². The summed E-state index contributed by atoms with van der Waals surface area (Å²) in [6.45, 7) is 5.58. The largest absolute Gasteiger partial charge is 0.497 e. The molecule has 1 aromatic carbocycles. The molecule has 2 fully saturated rings. The number of amides is 2. The second-order valence-corrected chi connectivity index (χ2v) is 9.09. The van der Waals surface area contributed by atoms with Gasteiger partial charge in [-0.25, -0.2) is 4.79 Å². The zero-order chi connectivity index (χ0) is 21.3. The summed E-state index contributed by atoms with van der Waals surface area (Å²) in [6.07, 6.45) is 8.04. The van der Waals surface area contributed by atoms with Crippen molar-refractivity contribution in [2.75, 3.05) is 60.5 Å². The highest BCUT2D eigenvalue weighted by Gasteiger charge is 2.23. The maximum atomic E-state index is 12.9. The number of urea groups is 1. The quantitative estimate of drug-likeness (QED) is 0.738.